The first kappa shape index (κ1) is 18.0. The van der Waals surface area contributed by atoms with Gasteiger partial charge in [-0.05, 0) is 49.2 Å². The van der Waals surface area contributed by atoms with E-state index in [-0.39, 0.29) is 17.6 Å². The number of hydrogen-bond acceptors (Lipinski definition) is 4. The molecule has 0 saturated carbocycles. The summed E-state index contributed by atoms with van der Waals surface area (Å²) in [5.41, 5.74) is 9.50. The number of aryl methyl sites for hydroxylation is 1. The Kier molecular flexibility index (Phi) is 6.00. The number of amides is 2. The summed E-state index contributed by atoms with van der Waals surface area (Å²) in [4.78, 5) is 24.3. The van der Waals surface area contributed by atoms with Gasteiger partial charge in [0.25, 0.3) is 5.91 Å². The van der Waals surface area contributed by atoms with E-state index in [9.17, 15) is 9.59 Å². The molecule has 24 heavy (non-hydrogen) atoms. The molecule has 5 nitrogen and oxygen atoms in total. The van der Waals surface area contributed by atoms with Crippen molar-refractivity contribution in [1.29, 1.82) is 0 Å². The van der Waals surface area contributed by atoms with E-state index in [1.54, 1.807) is 24.3 Å². The van der Waals surface area contributed by atoms with Crippen LogP contribution < -0.4 is 16.4 Å². The van der Waals surface area contributed by atoms with E-state index in [0.717, 1.165) is 16.8 Å². The Bertz CT molecular complexity index is 762. The van der Waals surface area contributed by atoms with Gasteiger partial charge in [-0.15, -0.1) is 0 Å². The summed E-state index contributed by atoms with van der Waals surface area (Å²) in [6.45, 7) is 3.95. The van der Waals surface area contributed by atoms with Gasteiger partial charge in [0.05, 0.1) is 6.04 Å². The molecular formula is C18H21N3O2S. The van der Waals surface area contributed by atoms with Crippen molar-refractivity contribution in [2.75, 3.05) is 16.4 Å². The molecule has 0 heterocycles. The maximum Gasteiger partial charge on any atom is 0.255 e. The van der Waals surface area contributed by atoms with Gasteiger partial charge < -0.3 is 16.4 Å². The van der Waals surface area contributed by atoms with E-state index >= 15 is 0 Å². The van der Waals surface area contributed by atoms with Crippen molar-refractivity contribution < 1.29 is 9.59 Å². The molecule has 0 radical (unpaired) electrons. The highest BCUT2D eigenvalue weighted by molar-refractivity contribution is 7.80. The van der Waals surface area contributed by atoms with Crippen molar-refractivity contribution in [3.63, 3.8) is 0 Å². The van der Waals surface area contributed by atoms with E-state index in [1.807, 2.05) is 32.0 Å². The molecule has 1 unspecified atom stereocenters. The zero-order valence-electron chi connectivity index (χ0n) is 13.7. The van der Waals surface area contributed by atoms with Crippen LogP contribution in [-0.4, -0.2) is 23.6 Å². The van der Waals surface area contributed by atoms with Gasteiger partial charge >= 0.3 is 0 Å². The zero-order valence-corrected chi connectivity index (χ0v) is 14.6. The Balaban J connectivity index is 2.14. The summed E-state index contributed by atoms with van der Waals surface area (Å²) >= 11 is 4.00. The lowest BCUT2D eigenvalue weighted by Gasteiger charge is -2.12. The van der Waals surface area contributed by atoms with E-state index in [2.05, 4.69) is 23.3 Å². The first-order valence-corrected chi connectivity index (χ1v) is 8.20. The normalized spacial score (nSPS) is 11.7. The average Bonchev–Trinajstić information content (AvgIpc) is 2.58. The molecule has 2 amide bonds. The minimum absolute atomic E-state index is 0.238. The van der Waals surface area contributed by atoms with E-state index in [4.69, 9.17) is 5.73 Å². The predicted octanol–water partition coefficient (Wildman–Crippen LogP) is 2.75. The van der Waals surface area contributed by atoms with Crippen LogP contribution in [-0.2, 0) is 4.79 Å². The molecule has 0 saturated heterocycles. The molecular weight excluding hydrogens is 322 g/mol. The van der Waals surface area contributed by atoms with Gasteiger partial charge in [-0.2, -0.15) is 12.6 Å². The van der Waals surface area contributed by atoms with Gasteiger partial charge in [-0.25, -0.2) is 0 Å². The van der Waals surface area contributed by atoms with Gasteiger partial charge in [0.15, 0.2) is 0 Å². The second-order valence-electron chi connectivity index (χ2n) is 5.56. The first-order valence-electron chi connectivity index (χ1n) is 7.57. The standard InChI is InChI=1S/C18H21N3O2S/c1-11-5-3-8-16(12(11)2)21-17(22)13-6-4-7-14(9-13)20-18(23)15(19)10-24/h3-9,15,24H,10,19H2,1-2H3,(H,20,23)(H,21,22). The maximum atomic E-state index is 12.4. The third-order valence-electron chi connectivity index (χ3n) is 3.78. The molecule has 2 aromatic carbocycles. The Morgan fingerprint density at radius 3 is 2.54 bits per heavy atom. The largest absolute Gasteiger partial charge is 0.325 e. The van der Waals surface area contributed by atoms with Crippen LogP contribution in [0.3, 0.4) is 0 Å². The number of thiol groups is 1. The predicted molar refractivity (Wildman–Crippen MR) is 101 cm³/mol. The molecule has 2 rings (SSSR count). The number of anilines is 2. The summed E-state index contributed by atoms with van der Waals surface area (Å²) in [5, 5.41) is 5.57. The SMILES string of the molecule is Cc1cccc(NC(=O)c2cccc(NC(=O)C(N)CS)c2)c1C. The lowest BCUT2D eigenvalue weighted by molar-refractivity contribution is -0.116. The van der Waals surface area contributed by atoms with Crippen LogP contribution in [0, 0.1) is 13.8 Å². The van der Waals surface area contributed by atoms with Crippen LogP contribution in [0.1, 0.15) is 21.5 Å². The molecule has 1 atom stereocenters. The molecule has 0 aromatic heterocycles. The highest BCUT2D eigenvalue weighted by Crippen LogP contribution is 2.19. The molecule has 0 aliphatic rings. The number of nitrogens with one attached hydrogen (secondary N) is 2. The molecule has 4 N–H and O–H groups in total. The number of nitrogens with two attached hydrogens (primary N) is 1. The summed E-state index contributed by atoms with van der Waals surface area (Å²) in [5.74, 6) is -0.325. The molecule has 0 aliphatic carbocycles. The van der Waals surface area contributed by atoms with E-state index in [0.29, 0.717) is 11.3 Å². The summed E-state index contributed by atoms with van der Waals surface area (Å²) in [7, 11) is 0. The summed E-state index contributed by atoms with van der Waals surface area (Å²) in [6, 6.07) is 11.8. The smallest absolute Gasteiger partial charge is 0.255 e. The minimum Gasteiger partial charge on any atom is -0.325 e. The van der Waals surface area contributed by atoms with Crippen molar-refractivity contribution in [2.24, 2.45) is 5.73 Å². The van der Waals surface area contributed by atoms with Crippen molar-refractivity contribution in [3.8, 4) is 0 Å². The number of hydrogen-bond donors (Lipinski definition) is 4. The number of rotatable bonds is 5. The summed E-state index contributed by atoms with van der Waals surface area (Å²) < 4.78 is 0. The Morgan fingerprint density at radius 2 is 1.83 bits per heavy atom. The maximum absolute atomic E-state index is 12.4. The fraction of sp³-hybridized carbons (Fsp3) is 0.222. The Labute approximate surface area is 147 Å². The quantitative estimate of drug-likeness (QED) is 0.630. The fourth-order valence-electron chi connectivity index (χ4n) is 2.14. The minimum atomic E-state index is -0.694. The second kappa shape index (κ2) is 7.99. The Morgan fingerprint density at radius 1 is 1.12 bits per heavy atom. The molecule has 0 aliphatic heterocycles. The van der Waals surface area contributed by atoms with Crippen molar-refractivity contribution in [1.82, 2.24) is 0 Å². The van der Waals surface area contributed by atoms with E-state index < -0.39 is 6.04 Å². The van der Waals surface area contributed by atoms with Crippen LogP contribution in [0.4, 0.5) is 11.4 Å². The fourth-order valence-corrected chi connectivity index (χ4v) is 2.30. The van der Waals surface area contributed by atoms with Crippen LogP contribution in [0.15, 0.2) is 42.5 Å². The van der Waals surface area contributed by atoms with Gasteiger partial charge in [0.2, 0.25) is 5.91 Å². The highest BCUT2D eigenvalue weighted by atomic mass is 32.1. The van der Waals surface area contributed by atoms with Gasteiger partial charge in [0.1, 0.15) is 0 Å². The average molecular weight is 343 g/mol. The topological polar surface area (TPSA) is 84.2 Å². The van der Waals surface area contributed by atoms with Gasteiger partial charge in [-0.1, -0.05) is 18.2 Å². The Hall–Kier alpha value is -2.31. The molecule has 0 bridgehead atoms. The van der Waals surface area contributed by atoms with Crippen molar-refractivity contribution in [3.05, 3.63) is 59.2 Å². The van der Waals surface area contributed by atoms with Crippen LogP contribution >= 0.6 is 12.6 Å². The molecule has 2 aromatic rings. The second-order valence-corrected chi connectivity index (χ2v) is 5.93. The molecule has 6 heteroatoms. The first-order chi connectivity index (χ1) is 11.4. The number of carbonyl (C=O) groups excluding carboxylic acids is 2. The monoisotopic (exact) mass is 343 g/mol. The van der Waals surface area contributed by atoms with Crippen LogP contribution in [0.25, 0.3) is 0 Å². The third-order valence-corrected chi connectivity index (χ3v) is 4.17. The molecule has 126 valence electrons. The zero-order chi connectivity index (χ0) is 17.7. The van der Waals surface area contributed by atoms with Gasteiger partial charge in [-0.3, -0.25) is 9.59 Å². The van der Waals surface area contributed by atoms with Crippen molar-refractivity contribution in [2.45, 2.75) is 19.9 Å². The molecule has 0 spiro atoms. The lowest BCUT2D eigenvalue weighted by atomic mass is 10.1. The number of benzene rings is 2. The number of carbonyl (C=O) groups is 2. The van der Waals surface area contributed by atoms with E-state index in [1.165, 1.54) is 0 Å². The summed E-state index contributed by atoms with van der Waals surface area (Å²) in [6.07, 6.45) is 0. The van der Waals surface area contributed by atoms with Crippen LogP contribution in [0.5, 0.6) is 0 Å². The third kappa shape index (κ3) is 4.37. The van der Waals surface area contributed by atoms with Gasteiger partial charge in [0, 0.05) is 22.7 Å². The van der Waals surface area contributed by atoms with Crippen molar-refractivity contribution >= 4 is 35.8 Å². The highest BCUT2D eigenvalue weighted by Gasteiger charge is 2.13. The lowest BCUT2D eigenvalue weighted by Crippen LogP contribution is -2.37. The molecule has 0 fully saturated rings. The van der Waals surface area contributed by atoms with Crippen LogP contribution in [0.2, 0.25) is 0 Å².